The Labute approximate surface area is 190 Å². The van der Waals surface area contributed by atoms with Gasteiger partial charge >= 0.3 is 12.1 Å². The van der Waals surface area contributed by atoms with E-state index in [1.807, 2.05) is 36.4 Å². The number of carboxylic acid groups (broad SMARTS) is 1. The zero-order chi connectivity index (χ0) is 23.4. The molecule has 0 aromatic heterocycles. The van der Waals surface area contributed by atoms with Gasteiger partial charge in [-0.1, -0.05) is 48.5 Å². The molecule has 1 saturated heterocycles. The van der Waals surface area contributed by atoms with Gasteiger partial charge in [0.15, 0.2) is 0 Å². The molecular formula is C24H26N2O7. The Morgan fingerprint density at radius 2 is 1.70 bits per heavy atom. The maximum Gasteiger partial charge on any atom is 0.407 e. The van der Waals surface area contributed by atoms with Crippen molar-refractivity contribution in [3.63, 3.8) is 0 Å². The molecule has 0 saturated carbocycles. The summed E-state index contributed by atoms with van der Waals surface area (Å²) in [5.41, 5.74) is 4.51. The summed E-state index contributed by atoms with van der Waals surface area (Å²) in [6.45, 7) is -0.0875. The quantitative estimate of drug-likeness (QED) is 0.475. The van der Waals surface area contributed by atoms with Gasteiger partial charge in [0.25, 0.3) is 0 Å². The van der Waals surface area contributed by atoms with Crippen molar-refractivity contribution in [2.24, 2.45) is 5.92 Å². The van der Waals surface area contributed by atoms with Crippen LogP contribution in [0.3, 0.4) is 0 Å². The highest BCUT2D eigenvalue weighted by Crippen LogP contribution is 2.44. The molecule has 0 bridgehead atoms. The molecule has 2 amide bonds. The molecular weight excluding hydrogens is 428 g/mol. The molecule has 4 rings (SSSR count). The van der Waals surface area contributed by atoms with Crippen molar-refractivity contribution in [1.29, 1.82) is 0 Å². The van der Waals surface area contributed by atoms with E-state index in [4.69, 9.17) is 19.7 Å². The first-order chi connectivity index (χ1) is 16.0. The van der Waals surface area contributed by atoms with Gasteiger partial charge in [-0.2, -0.15) is 0 Å². The van der Waals surface area contributed by atoms with Crippen LogP contribution in [-0.2, 0) is 19.1 Å². The smallest absolute Gasteiger partial charge is 0.407 e. The van der Waals surface area contributed by atoms with Crippen LogP contribution in [0.15, 0.2) is 48.5 Å². The van der Waals surface area contributed by atoms with E-state index in [1.54, 1.807) is 0 Å². The Hall–Kier alpha value is -3.43. The third-order valence-corrected chi connectivity index (χ3v) is 6.12. The molecule has 1 aliphatic carbocycles. The van der Waals surface area contributed by atoms with Crippen molar-refractivity contribution < 1.29 is 34.1 Å². The standard InChI is InChI=1S/C24H26N2O7/c27-12-20(23(29)30)26-22(28)21-14(9-10-32-21)11-25-24(31)33-13-19-17-7-3-1-5-15(17)16-6-2-4-8-18(16)19/h1-8,14,19-21,27H,9-13H2,(H,25,31)(H,26,28)(H,29,30)/t14-,20+,21-/m1/s1. The molecule has 0 spiro atoms. The molecule has 3 atom stereocenters. The fourth-order valence-electron chi connectivity index (χ4n) is 4.44. The highest BCUT2D eigenvalue weighted by Gasteiger charge is 2.36. The van der Waals surface area contributed by atoms with E-state index >= 15 is 0 Å². The van der Waals surface area contributed by atoms with Crippen molar-refractivity contribution in [2.75, 3.05) is 26.4 Å². The number of carbonyl (C=O) groups is 3. The third kappa shape index (κ3) is 4.84. The number of aliphatic carboxylic acids is 1. The number of carbonyl (C=O) groups excluding carboxylic acids is 2. The van der Waals surface area contributed by atoms with Crippen molar-refractivity contribution in [1.82, 2.24) is 10.6 Å². The van der Waals surface area contributed by atoms with Gasteiger partial charge < -0.3 is 30.3 Å². The average Bonchev–Trinajstić information content (AvgIpc) is 3.42. The predicted molar refractivity (Wildman–Crippen MR) is 118 cm³/mol. The first-order valence-electron chi connectivity index (χ1n) is 10.8. The van der Waals surface area contributed by atoms with Crippen LogP contribution >= 0.6 is 0 Å². The Kier molecular flexibility index (Phi) is 6.90. The number of alkyl carbamates (subject to hydrolysis) is 1. The molecule has 2 aromatic rings. The lowest BCUT2D eigenvalue weighted by atomic mass is 9.98. The SMILES string of the molecule is O=C(NC[C@H]1CCO[C@H]1C(=O)N[C@@H](CO)C(=O)O)OCC1c2ccccc2-c2ccccc21. The molecule has 2 aliphatic rings. The molecule has 4 N–H and O–H groups in total. The van der Waals surface area contributed by atoms with Crippen LogP contribution in [0.1, 0.15) is 23.5 Å². The highest BCUT2D eigenvalue weighted by molar-refractivity contribution is 5.87. The van der Waals surface area contributed by atoms with Crippen LogP contribution < -0.4 is 10.6 Å². The highest BCUT2D eigenvalue weighted by atomic mass is 16.5. The Bertz CT molecular complexity index is 995. The number of benzene rings is 2. The van der Waals surface area contributed by atoms with Crippen molar-refractivity contribution in [2.45, 2.75) is 24.5 Å². The molecule has 1 fully saturated rings. The van der Waals surface area contributed by atoms with E-state index in [1.165, 1.54) is 0 Å². The van der Waals surface area contributed by atoms with Gasteiger partial charge in [0, 0.05) is 25.0 Å². The van der Waals surface area contributed by atoms with Crippen LogP contribution in [0.2, 0.25) is 0 Å². The van der Waals surface area contributed by atoms with E-state index in [9.17, 15) is 14.4 Å². The van der Waals surface area contributed by atoms with E-state index in [2.05, 4.69) is 22.8 Å². The largest absolute Gasteiger partial charge is 0.480 e. The molecule has 1 aliphatic heterocycles. The average molecular weight is 454 g/mol. The number of carboxylic acids is 1. The summed E-state index contributed by atoms with van der Waals surface area (Å²) in [5.74, 6) is -2.35. The summed E-state index contributed by atoms with van der Waals surface area (Å²) in [6.07, 6.45) is -0.979. The van der Waals surface area contributed by atoms with Gasteiger partial charge in [-0.05, 0) is 28.7 Å². The molecule has 0 radical (unpaired) electrons. The lowest BCUT2D eigenvalue weighted by molar-refractivity contribution is -0.145. The van der Waals surface area contributed by atoms with Crippen molar-refractivity contribution in [3.8, 4) is 11.1 Å². The minimum atomic E-state index is -1.41. The van der Waals surface area contributed by atoms with E-state index < -0.39 is 36.7 Å². The number of nitrogens with one attached hydrogen (secondary N) is 2. The van der Waals surface area contributed by atoms with Crippen LogP contribution in [0.4, 0.5) is 4.79 Å². The zero-order valence-electron chi connectivity index (χ0n) is 17.9. The van der Waals surface area contributed by atoms with Gasteiger partial charge in [-0.15, -0.1) is 0 Å². The van der Waals surface area contributed by atoms with Gasteiger partial charge in [0.1, 0.15) is 18.8 Å². The number of aliphatic hydroxyl groups is 1. The minimum Gasteiger partial charge on any atom is -0.480 e. The fraction of sp³-hybridized carbons (Fsp3) is 0.375. The fourth-order valence-corrected chi connectivity index (χ4v) is 4.44. The second-order valence-electron chi connectivity index (χ2n) is 8.13. The summed E-state index contributed by atoms with van der Waals surface area (Å²) < 4.78 is 10.9. The minimum absolute atomic E-state index is 0.0528. The second-order valence-corrected chi connectivity index (χ2v) is 8.13. The molecule has 33 heavy (non-hydrogen) atoms. The predicted octanol–water partition coefficient (Wildman–Crippen LogP) is 1.49. The Morgan fingerprint density at radius 3 is 2.30 bits per heavy atom. The number of aliphatic hydroxyl groups excluding tert-OH is 1. The number of rotatable bonds is 8. The van der Waals surface area contributed by atoms with Crippen LogP contribution in [-0.4, -0.2) is 66.7 Å². The van der Waals surface area contributed by atoms with Crippen LogP contribution in [0.5, 0.6) is 0 Å². The number of hydrogen-bond donors (Lipinski definition) is 4. The van der Waals surface area contributed by atoms with Gasteiger partial charge in [-0.3, -0.25) is 4.79 Å². The van der Waals surface area contributed by atoms with Gasteiger partial charge in [0.05, 0.1) is 6.61 Å². The Balaban J connectivity index is 1.31. The Morgan fingerprint density at radius 1 is 1.06 bits per heavy atom. The summed E-state index contributed by atoms with van der Waals surface area (Å²) in [6, 6.07) is 14.7. The second kappa shape index (κ2) is 10.0. The third-order valence-electron chi connectivity index (χ3n) is 6.12. The molecule has 0 unspecified atom stereocenters. The summed E-state index contributed by atoms with van der Waals surface area (Å²) in [4.78, 5) is 35.8. The first kappa shape index (κ1) is 22.8. The monoisotopic (exact) mass is 454 g/mol. The summed E-state index contributed by atoms with van der Waals surface area (Å²) in [5, 5.41) is 23.0. The van der Waals surface area contributed by atoms with Gasteiger partial charge in [0.2, 0.25) is 5.91 Å². The normalized spacial score (nSPS) is 19.9. The van der Waals surface area contributed by atoms with Crippen molar-refractivity contribution >= 4 is 18.0 Å². The molecule has 174 valence electrons. The molecule has 2 aromatic carbocycles. The lowest BCUT2D eigenvalue weighted by Crippen LogP contribution is -2.49. The number of fused-ring (bicyclic) bond motifs is 3. The molecule has 9 heteroatoms. The maximum absolute atomic E-state index is 12.4. The van der Waals surface area contributed by atoms with Crippen LogP contribution in [0.25, 0.3) is 11.1 Å². The van der Waals surface area contributed by atoms with E-state index in [0.29, 0.717) is 13.0 Å². The first-order valence-corrected chi connectivity index (χ1v) is 10.8. The molecule has 9 nitrogen and oxygen atoms in total. The maximum atomic E-state index is 12.4. The number of ether oxygens (including phenoxy) is 2. The van der Waals surface area contributed by atoms with Crippen molar-refractivity contribution in [3.05, 3.63) is 59.7 Å². The zero-order valence-corrected chi connectivity index (χ0v) is 17.9. The van der Waals surface area contributed by atoms with E-state index in [0.717, 1.165) is 22.3 Å². The topological polar surface area (TPSA) is 134 Å². The van der Waals surface area contributed by atoms with E-state index in [-0.39, 0.29) is 25.0 Å². The molecule has 1 heterocycles. The van der Waals surface area contributed by atoms with Crippen LogP contribution in [0, 0.1) is 5.92 Å². The summed E-state index contributed by atoms with van der Waals surface area (Å²) in [7, 11) is 0. The number of hydrogen-bond acceptors (Lipinski definition) is 6. The van der Waals surface area contributed by atoms with Gasteiger partial charge in [-0.25, -0.2) is 9.59 Å². The summed E-state index contributed by atoms with van der Waals surface area (Å²) >= 11 is 0. The number of amides is 2. The lowest BCUT2D eigenvalue weighted by Gasteiger charge is -2.21.